The molecule has 116 valence electrons. The van der Waals surface area contributed by atoms with E-state index in [1.54, 1.807) is 7.05 Å². The summed E-state index contributed by atoms with van der Waals surface area (Å²) in [5.41, 5.74) is 0. The van der Waals surface area contributed by atoms with E-state index < -0.39 is 0 Å². The van der Waals surface area contributed by atoms with Crippen molar-refractivity contribution in [1.82, 2.24) is 15.1 Å². The Morgan fingerprint density at radius 1 is 1.45 bits per heavy atom. The van der Waals surface area contributed by atoms with E-state index in [0.717, 1.165) is 19.4 Å². The molecule has 0 bridgehead atoms. The van der Waals surface area contributed by atoms with E-state index >= 15 is 0 Å². The molecular formula is C14H27N3O3. The molecule has 1 heterocycles. The number of amides is 2. The smallest absolute Gasteiger partial charge is 0.239 e. The standard InChI is InChI=1S/C14H27N3O3/c1-4-6-15-13(19)8-16(3)14(20)9-17-7-5-11(2)12(17)10-18/h11-12,18H,4-10H2,1-3H3,(H,15,19). The van der Waals surface area contributed by atoms with E-state index in [1.165, 1.54) is 4.90 Å². The Hall–Kier alpha value is -1.14. The Balaban J connectivity index is 2.40. The molecule has 2 N–H and O–H groups in total. The molecule has 1 fully saturated rings. The second-order valence-corrected chi connectivity index (χ2v) is 5.59. The number of rotatable bonds is 7. The van der Waals surface area contributed by atoms with E-state index in [0.29, 0.717) is 12.5 Å². The van der Waals surface area contributed by atoms with Crippen LogP contribution in [0.15, 0.2) is 0 Å². The third-order valence-corrected chi connectivity index (χ3v) is 3.90. The van der Waals surface area contributed by atoms with Crippen LogP contribution in [0.1, 0.15) is 26.7 Å². The van der Waals surface area contributed by atoms with Gasteiger partial charge in [-0.25, -0.2) is 0 Å². The highest BCUT2D eigenvalue weighted by atomic mass is 16.3. The Kier molecular flexibility index (Phi) is 6.95. The summed E-state index contributed by atoms with van der Waals surface area (Å²) in [6.07, 6.45) is 1.88. The van der Waals surface area contributed by atoms with Crippen LogP contribution in [0.3, 0.4) is 0 Å². The number of carbonyl (C=O) groups excluding carboxylic acids is 2. The van der Waals surface area contributed by atoms with Crippen molar-refractivity contribution in [3.05, 3.63) is 0 Å². The molecule has 6 heteroatoms. The highest BCUT2D eigenvalue weighted by Gasteiger charge is 2.32. The van der Waals surface area contributed by atoms with Crippen molar-refractivity contribution < 1.29 is 14.7 Å². The van der Waals surface area contributed by atoms with E-state index in [4.69, 9.17) is 0 Å². The number of nitrogens with one attached hydrogen (secondary N) is 1. The number of likely N-dealkylation sites (N-methyl/N-ethyl adjacent to an activating group) is 1. The van der Waals surface area contributed by atoms with Crippen LogP contribution in [0.2, 0.25) is 0 Å². The van der Waals surface area contributed by atoms with Crippen LogP contribution in [0, 0.1) is 5.92 Å². The van der Waals surface area contributed by atoms with Crippen molar-refractivity contribution in [1.29, 1.82) is 0 Å². The SMILES string of the molecule is CCCNC(=O)CN(C)C(=O)CN1CCC(C)C1CO. The molecule has 0 radical (unpaired) electrons. The predicted molar refractivity (Wildman–Crippen MR) is 77.2 cm³/mol. The monoisotopic (exact) mass is 285 g/mol. The first-order valence-electron chi connectivity index (χ1n) is 7.35. The molecule has 2 unspecified atom stereocenters. The summed E-state index contributed by atoms with van der Waals surface area (Å²) in [4.78, 5) is 27.1. The minimum Gasteiger partial charge on any atom is -0.395 e. The van der Waals surface area contributed by atoms with Crippen LogP contribution in [0.25, 0.3) is 0 Å². The Labute approximate surface area is 121 Å². The van der Waals surface area contributed by atoms with Gasteiger partial charge in [0.25, 0.3) is 0 Å². The minimum atomic E-state index is -0.129. The molecule has 0 aromatic heterocycles. The van der Waals surface area contributed by atoms with E-state index in [9.17, 15) is 14.7 Å². The van der Waals surface area contributed by atoms with Crippen molar-refractivity contribution >= 4 is 11.8 Å². The van der Waals surface area contributed by atoms with Crippen molar-refractivity contribution in [2.75, 3.05) is 39.8 Å². The lowest BCUT2D eigenvalue weighted by Crippen LogP contribution is -2.45. The molecule has 0 aliphatic carbocycles. The molecule has 1 rings (SSSR count). The van der Waals surface area contributed by atoms with Gasteiger partial charge in [0.1, 0.15) is 0 Å². The van der Waals surface area contributed by atoms with Crippen LogP contribution in [-0.2, 0) is 9.59 Å². The zero-order valence-corrected chi connectivity index (χ0v) is 12.8. The van der Waals surface area contributed by atoms with E-state index in [2.05, 4.69) is 12.2 Å². The molecule has 1 aliphatic heterocycles. The average molecular weight is 285 g/mol. The van der Waals surface area contributed by atoms with E-state index in [1.807, 2.05) is 11.8 Å². The Bertz CT molecular complexity index is 336. The zero-order chi connectivity index (χ0) is 15.1. The summed E-state index contributed by atoms with van der Waals surface area (Å²) in [7, 11) is 1.64. The van der Waals surface area contributed by atoms with Gasteiger partial charge in [0.2, 0.25) is 11.8 Å². The van der Waals surface area contributed by atoms with Crippen molar-refractivity contribution in [2.45, 2.75) is 32.7 Å². The van der Waals surface area contributed by atoms with Gasteiger partial charge in [-0.2, -0.15) is 0 Å². The third-order valence-electron chi connectivity index (χ3n) is 3.90. The number of nitrogens with zero attached hydrogens (tertiary/aromatic N) is 2. The first-order valence-corrected chi connectivity index (χ1v) is 7.35. The third kappa shape index (κ3) is 4.76. The van der Waals surface area contributed by atoms with Gasteiger partial charge >= 0.3 is 0 Å². The molecule has 6 nitrogen and oxygen atoms in total. The van der Waals surface area contributed by atoms with Crippen LogP contribution in [-0.4, -0.2) is 72.6 Å². The fourth-order valence-corrected chi connectivity index (χ4v) is 2.50. The molecule has 0 aromatic carbocycles. The molecule has 2 amide bonds. The summed E-state index contributed by atoms with van der Waals surface area (Å²) in [6.45, 7) is 5.98. The van der Waals surface area contributed by atoms with Crippen molar-refractivity contribution in [3.63, 3.8) is 0 Å². The normalized spacial score (nSPS) is 22.8. The lowest BCUT2D eigenvalue weighted by atomic mass is 10.0. The first-order chi connectivity index (χ1) is 9.49. The molecule has 2 atom stereocenters. The summed E-state index contributed by atoms with van der Waals surface area (Å²) in [5.74, 6) is 0.200. The maximum absolute atomic E-state index is 12.1. The molecular weight excluding hydrogens is 258 g/mol. The maximum Gasteiger partial charge on any atom is 0.239 e. The number of carbonyl (C=O) groups is 2. The van der Waals surface area contributed by atoms with Crippen molar-refractivity contribution in [2.24, 2.45) is 5.92 Å². The van der Waals surface area contributed by atoms with Crippen LogP contribution >= 0.6 is 0 Å². The molecule has 0 saturated carbocycles. The van der Waals surface area contributed by atoms with Gasteiger partial charge in [-0.05, 0) is 25.3 Å². The first kappa shape index (κ1) is 16.9. The van der Waals surface area contributed by atoms with Gasteiger partial charge in [0.15, 0.2) is 0 Å². The summed E-state index contributed by atoms with van der Waals surface area (Å²) >= 11 is 0. The number of aliphatic hydroxyl groups is 1. The predicted octanol–water partition coefficient (Wildman–Crippen LogP) is -0.326. The fraction of sp³-hybridized carbons (Fsp3) is 0.857. The summed E-state index contributed by atoms with van der Waals surface area (Å²) < 4.78 is 0. The van der Waals surface area contributed by atoms with Crippen LogP contribution in [0.4, 0.5) is 0 Å². The zero-order valence-electron chi connectivity index (χ0n) is 12.8. The number of hydrogen-bond donors (Lipinski definition) is 2. The summed E-state index contributed by atoms with van der Waals surface area (Å²) in [6, 6.07) is 0.0567. The average Bonchev–Trinajstić information content (AvgIpc) is 2.76. The topological polar surface area (TPSA) is 72.9 Å². The van der Waals surface area contributed by atoms with Gasteiger partial charge in [-0.3, -0.25) is 14.5 Å². The van der Waals surface area contributed by atoms with Crippen LogP contribution in [0.5, 0.6) is 0 Å². The fourth-order valence-electron chi connectivity index (χ4n) is 2.50. The lowest BCUT2D eigenvalue weighted by molar-refractivity contribution is -0.136. The highest BCUT2D eigenvalue weighted by Crippen LogP contribution is 2.23. The van der Waals surface area contributed by atoms with E-state index in [-0.39, 0.29) is 37.6 Å². The molecule has 0 spiro atoms. The molecule has 1 saturated heterocycles. The second kappa shape index (κ2) is 8.21. The number of hydrogen-bond acceptors (Lipinski definition) is 4. The Morgan fingerprint density at radius 3 is 2.75 bits per heavy atom. The number of aliphatic hydroxyl groups excluding tert-OH is 1. The van der Waals surface area contributed by atoms with Gasteiger partial charge in [-0.15, -0.1) is 0 Å². The summed E-state index contributed by atoms with van der Waals surface area (Å²) in [5, 5.41) is 12.1. The largest absolute Gasteiger partial charge is 0.395 e. The lowest BCUT2D eigenvalue weighted by Gasteiger charge is -2.26. The quantitative estimate of drug-likeness (QED) is 0.672. The second-order valence-electron chi connectivity index (χ2n) is 5.59. The van der Waals surface area contributed by atoms with Gasteiger partial charge in [-0.1, -0.05) is 13.8 Å². The molecule has 0 aromatic rings. The number of likely N-dealkylation sites (tertiary alicyclic amines) is 1. The Morgan fingerprint density at radius 2 is 2.15 bits per heavy atom. The van der Waals surface area contributed by atoms with Crippen molar-refractivity contribution in [3.8, 4) is 0 Å². The van der Waals surface area contributed by atoms with Gasteiger partial charge in [0, 0.05) is 19.6 Å². The molecule has 1 aliphatic rings. The van der Waals surface area contributed by atoms with Gasteiger partial charge < -0.3 is 15.3 Å². The molecule has 20 heavy (non-hydrogen) atoms. The van der Waals surface area contributed by atoms with Gasteiger partial charge in [0.05, 0.1) is 19.7 Å². The minimum absolute atomic E-state index is 0.0567. The maximum atomic E-state index is 12.1. The highest BCUT2D eigenvalue weighted by molar-refractivity contribution is 5.85. The van der Waals surface area contributed by atoms with Crippen LogP contribution < -0.4 is 5.32 Å².